The first-order chi connectivity index (χ1) is 17.9. The van der Waals surface area contributed by atoms with E-state index in [9.17, 15) is 39.6 Å². The number of phenolic OH excluding ortho intramolecular Hbond substituents is 1. The van der Waals surface area contributed by atoms with E-state index in [1.807, 2.05) is 13.8 Å². The number of carbonyl (C=O) groups excluding carboxylic acids is 4. The first kappa shape index (κ1) is 28.7. The van der Waals surface area contributed by atoms with Gasteiger partial charge in [0.2, 0.25) is 5.78 Å². The monoisotopic (exact) mass is 538 g/mol. The normalized spacial score (nSPS) is 30.5. The van der Waals surface area contributed by atoms with Crippen molar-refractivity contribution in [2.24, 2.45) is 28.6 Å². The molecule has 210 valence electrons. The van der Waals surface area contributed by atoms with Crippen LogP contribution in [0.4, 0.5) is 0 Å². The highest BCUT2D eigenvalue weighted by molar-refractivity contribution is 6.24. The molecule has 39 heavy (non-hydrogen) atoms. The minimum atomic E-state index is -2.64. The molecular weight excluding hydrogens is 500 g/mol. The number of aromatic hydroxyl groups is 1. The molecule has 1 saturated carbocycles. The maximum atomic E-state index is 14.3. The van der Waals surface area contributed by atoms with Gasteiger partial charge < -0.3 is 20.4 Å². The second kappa shape index (κ2) is 9.15. The lowest BCUT2D eigenvalue weighted by Gasteiger charge is -2.59. The molecule has 3 aliphatic carbocycles. The Morgan fingerprint density at radius 3 is 2.21 bits per heavy atom. The summed E-state index contributed by atoms with van der Waals surface area (Å²) in [7, 11) is 0. The molecule has 8 heteroatoms. The van der Waals surface area contributed by atoms with E-state index in [2.05, 4.69) is 0 Å². The fourth-order valence-electron chi connectivity index (χ4n) is 7.64. The zero-order chi connectivity index (χ0) is 29.4. The first-order valence-corrected chi connectivity index (χ1v) is 13.5. The lowest BCUT2D eigenvalue weighted by atomic mass is 9.43. The van der Waals surface area contributed by atoms with E-state index in [-0.39, 0.29) is 53.8 Å². The quantitative estimate of drug-likeness (QED) is 0.391. The number of ketones is 4. The Balaban J connectivity index is 1.96. The lowest BCUT2D eigenvalue weighted by molar-refractivity contribution is -0.178. The summed E-state index contributed by atoms with van der Waals surface area (Å²) in [5, 5.41) is 45.9. The van der Waals surface area contributed by atoms with Crippen molar-refractivity contribution < 1.29 is 39.6 Å². The molecule has 0 radical (unpaired) electrons. The average Bonchev–Trinajstić information content (AvgIpc) is 2.77. The summed E-state index contributed by atoms with van der Waals surface area (Å²) in [6.45, 7) is 11.8. The number of phenols is 1. The summed E-state index contributed by atoms with van der Waals surface area (Å²) in [5.41, 5.74) is -5.08. The number of rotatable bonds is 6. The molecule has 3 aliphatic rings. The van der Waals surface area contributed by atoms with Crippen LogP contribution in [-0.2, 0) is 32.0 Å². The van der Waals surface area contributed by atoms with Crippen LogP contribution in [0.2, 0.25) is 0 Å². The Morgan fingerprint density at radius 1 is 1.05 bits per heavy atom. The third-order valence-electron chi connectivity index (χ3n) is 8.98. The Labute approximate surface area is 228 Å². The standard InChI is InChI=1S/C31H38O8/c1-14(2)10-19(33)11-17-8-9-18-12-29(6)13-30(7)22(15(3)4)25(35)20(16(5)32)27(37)31(30,39)28(38)23(29)26(36)21(18)24(17)34/h8-9,14-15,22,34,36-37,39H,10-13H2,1-7H3/t22?,29-,30-,31+/m1/s1. The van der Waals surface area contributed by atoms with Gasteiger partial charge in [-0.05, 0) is 37.2 Å². The van der Waals surface area contributed by atoms with Gasteiger partial charge in [-0.1, -0.05) is 53.7 Å². The third kappa shape index (κ3) is 3.90. The van der Waals surface area contributed by atoms with E-state index in [0.29, 0.717) is 17.5 Å². The molecule has 1 unspecified atom stereocenters. The van der Waals surface area contributed by atoms with E-state index in [0.717, 1.165) is 6.92 Å². The molecule has 0 aromatic heterocycles. The van der Waals surface area contributed by atoms with Crippen LogP contribution in [0, 0.1) is 28.6 Å². The minimum absolute atomic E-state index is 0.0143. The highest BCUT2D eigenvalue weighted by Crippen LogP contribution is 2.65. The maximum absolute atomic E-state index is 14.3. The summed E-state index contributed by atoms with van der Waals surface area (Å²) in [4.78, 5) is 52.7. The number of hydrogen-bond acceptors (Lipinski definition) is 8. The van der Waals surface area contributed by atoms with Gasteiger partial charge in [0.1, 0.15) is 28.6 Å². The van der Waals surface area contributed by atoms with E-state index in [1.54, 1.807) is 39.8 Å². The molecule has 0 saturated heterocycles. The second-order valence-corrected chi connectivity index (χ2v) is 12.9. The molecule has 0 aliphatic heterocycles. The van der Waals surface area contributed by atoms with Gasteiger partial charge in [0, 0.05) is 40.7 Å². The van der Waals surface area contributed by atoms with Gasteiger partial charge in [0.15, 0.2) is 17.2 Å². The summed E-state index contributed by atoms with van der Waals surface area (Å²) in [6.07, 6.45) is 0.526. The number of fused-ring (bicyclic) bond motifs is 3. The van der Waals surface area contributed by atoms with Crippen LogP contribution in [0.5, 0.6) is 5.75 Å². The van der Waals surface area contributed by atoms with Crippen LogP contribution in [0.25, 0.3) is 5.76 Å². The molecule has 4 atom stereocenters. The number of allylic oxidation sites excluding steroid dienone is 1. The third-order valence-corrected chi connectivity index (χ3v) is 8.98. The van der Waals surface area contributed by atoms with Crippen molar-refractivity contribution in [3.05, 3.63) is 45.7 Å². The Kier molecular flexibility index (Phi) is 6.74. The van der Waals surface area contributed by atoms with Crippen LogP contribution < -0.4 is 0 Å². The molecule has 1 aromatic rings. The zero-order valence-corrected chi connectivity index (χ0v) is 23.6. The molecule has 1 aromatic carbocycles. The van der Waals surface area contributed by atoms with Crippen LogP contribution >= 0.6 is 0 Å². The minimum Gasteiger partial charge on any atom is -0.508 e. The van der Waals surface area contributed by atoms with Gasteiger partial charge in [-0.3, -0.25) is 19.2 Å². The van der Waals surface area contributed by atoms with Crippen molar-refractivity contribution in [2.45, 2.75) is 79.8 Å². The topological polar surface area (TPSA) is 149 Å². The summed E-state index contributed by atoms with van der Waals surface area (Å²) in [5.74, 6) is -5.49. The molecule has 8 nitrogen and oxygen atoms in total. The predicted molar refractivity (Wildman–Crippen MR) is 144 cm³/mol. The van der Waals surface area contributed by atoms with Crippen LogP contribution in [0.15, 0.2) is 29.0 Å². The molecule has 0 amide bonds. The van der Waals surface area contributed by atoms with E-state index in [4.69, 9.17) is 0 Å². The van der Waals surface area contributed by atoms with E-state index < -0.39 is 56.8 Å². The Morgan fingerprint density at radius 2 is 1.67 bits per heavy atom. The number of carbonyl (C=O) groups is 4. The molecule has 4 rings (SSSR count). The van der Waals surface area contributed by atoms with Gasteiger partial charge >= 0.3 is 0 Å². The maximum Gasteiger partial charge on any atom is 0.203 e. The number of aliphatic hydroxyl groups is 3. The number of aliphatic hydroxyl groups excluding tert-OH is 2. The molecule has 0 heterocycles. The Bertz CT molecular complexity index is 1380. The Hall–Kier alpha value is -3.26. The van der Waals surface area contributed by atoms with Gasteiger partial charge in [-0.15, -0.1) is 0 Å². The lowest BCUT2D eigenvalue weighted by Crippen LogP contribution is -2.69. The van der Waals surface area contributed by atoms with Gasteiger partial charge in [0.25, 0.3) is 0 Å². The number of hydrogen-bond donors (Lipinski definition) is 4. The highest BCUT2D eigenvalue weighted by Gasteiger charge is 2.72. The molecule has 1 fully saturated rings. The fourth-order valence-corrected chi connectivity index (χ4v) is 7.64. The zero-order valence-electron chi connectivity index (χ0n) is 23.6. The van der Waals surface area contributed by atoms with Crippen LogP contribution in [0.3, 0.4) is 0 Å². The number of Topliss-reactive ketones (excluding diaryl/α,β-unsaturated/α-hetero) is 4. The van der Waals surface area contributed by atoms with Crippen LogP contribution in [0.1, 0.15) is 78.0 Å². The summed E-state index contributed by atoms with van der Waals surface area (Å²) >= 11 is 0. The molecule has 4 N–H and O–H groups in total. The van der Waals surface area contributed by atoms with Crippen molar-refractivity contribution in [2.75, 3.05) is 0 Å². The molecular formula is C31H38O8. The summed E-state index contributed by atoms with van der Waals surface area (Å²) in [6, 6.07) is 3.36. The van der Waals surface area contributed by atoms with Crippen molar-refractivity contribution >= 4 is 28.9 Å². The first-order valence-electron chi connectivity index (χ1n) is 13.5. The van der Waals surface area contributed by atoms with Crippen molar-refractivity contribution in [1.29, 1.82) is 0 Å². The highest BCUT2D eigenvalue weighted by atomic mass is 16.3. The van der Waals surface area contributed by atoms with E-state index >= 15 is 0 Å². The molecule has 0 bridgehead atoms. The fraction of sp³-hybridized carbons (Fsp3) is 0.548. The van der Waals surface area contributed by atoms with Crippen LogP contribution in [-0.4, -0.2) is 49.2 Å². The van der Waals surface area contributed by atoms with Crippen molar-refractivity contribution in [3.8, 4) is 5.75 Å². The van der Waals surface area contributed by atoms with Gasteiger partial charge in [-0.25, -0.2) is 0 Å². The van der Waals surface area contributed by atoms with Gasteiger partial charge in [0.05, 0.1) is 5.56 Å². The predicted octanol–water partition coefficient (Wildman–Crippen LogP) is 4.35. The summed E-state index contributed by atoms with van der Waals surface area (Å²) < 4.78 is 0. The van der Waals surface area contributed by atoms with Gasteiger partial charge in [-0.2, -0.15) is 0 Å². The van der Waals surface area contributed by atoms with Crippen molar-refractivity contribution in [3.63, 3.8) is 0 Å². The van der Waals surface area contributed by atoms with E-state index in [1.165, 1.54) is 0 Å². The van der Waals surface area contributed by atoms with Crippen molar-refractivity contribution in [1.82, 2.24) is 0 Å². The SMILES string of the molecule is CC(=O)C1=C(O)[C@]2(O)C(=O)C3=C(O)c4c(ccc(CC(=O)CC(C)C)c4O)C[C@]3(C)C[C@]2(C)C(C(C)C)C1=O. The number of benzene rings is 1. The second-order valence-electron chi connectivity index (χ2n) is 12.9. The smallest absolute Gasteiger partial charge is 0.203 e. The largest absolute Gasteiger partial charge is 0.508 e. The molecule has 0 spiro atoms. The average molecular weight is 539 g/mol.